The van der Waals surface area contributed by atoms with E-state index < -0.39 is 6.43 Å². The quantitative estimate of drug-likeness (QED) is 0.293. The van der Waals surface area contributed by atoms with Gasteiger partial charge in [-0.3, -0.25) is 4.90 Å². The fraction of sp³-hybridized carbons (Fsp3) is 0.650. The number of benzene rings is 1. The largest absolute Gasteiger partial charge is 0.493 e. The summed E-state index contributed by atoms with van der Waals surface area (Å²) >= 11 is 0. The Hall–Kier alpha value is -1.36. The third kappa shape index (κ3) is 8.90. The average Bonchev–Trinajstić information content (AvgIpc) is 2.68. The summed E-state index contributed by atoms with van der Waals surface area (Å²) < 4.78 is 36.0. The Bertz CT molecular complexity index is 626. The van der Waals surface area contributed by atoms with Crippen molar-refractivity contribution in [1.82, 2.24) is 15.5 Å². The van der Waals surface area contributed by atoms with E-state index in [1.807, 2.05) is 36.9 Å². The summed E-state index contributed by atoms with van der Waals surface area (Å²) in [6.07, 6.45) is -0.614. The smallest absolute Gasteiger partial charge is 0.251 e. The lowest BCUT2D eigenvalue weighted by atomic mass is 10.1. The fourth-order valence-corrected chi connectivity index (χ4v) is 3.23. The topological polar surface area (TPSA) is 58.1 Å². The maximum absolute atomic E-state index is 12.5. The Balaban J connectivity index is 0.00000420. The van der Waals surface area contributed by atoms with Gasteiger partial charge in [-0.2, -0.15) is 0 Å². The molecule has 166 valence electrons. The predicted molar refractivity (Wildman–Crippen MR) is 123 cm³/mol. The standard InChI is InChI=1S/C20H32F2N4O2.HI/c1-4-23-20(25-16-8-10-26(11-9-16)14-19(21)22)24-13-15-6-7-17(27-3)18(12-15)28-5-2;/h6-7,12,16,19H,4-5,8-11,13-14H2,1-3H3,(H2,23,24,25);1H. The second-order valence-electron chi connectivity index (χ2n) is 6.72. The second kappa shape index (κ2) is 13.8. The number of alkyl halides is 2. The van der Waals surface area contributed by atoms with E-state index in [1.165, 1.54) is 0 Å². The highest BCUT2D eigenvalue weighted by atomic mass is 127. The first-order valence-corrected chi connectivity index (χ1v) is 9.90. The van der Waals surface area contributed by atoms with Crippen molar-refractivity contribution in [2.24, 2.45) is 4.99 Å². The van der Waals surface area contributed by atoms with Gasteiger partial charge in [0.15, 0.2) is 17.5 Å². The van der Waals surface area contributed by atoms with Crippen molar-refractivity contribution in [3.8, 4) is 11.5 Å². The van der Waals surface area contributed by atoms with Crippen LogP contribution in [0.5, 0.6) is 11.5 Å². The molecule has 0 spiro atoms. The van der Waals surface area contributed by atoms with Crippen molar-refractivity contribution in [3.05, 3.63) is 23.8 Å². The minimum atomic E-state index is -2.27. The summed E-state index contributed by atoms with van der Waals surface area (Å²) in [7, 11) is 1.62. The van der Waals surface area contributed by atoms with Crippen LogP contribution < -0.4 is 20.1 Å². The lowest BCUT2D eigenvalue weighted by Gasteiger charge is -2.32. The fourth-order valence-electron chi connectivity index (χ4n) is 3.23. The zero-order valence-corrected chi connectivity index (χ0v) is 19.7. The molecule has 29 heavy (non-hydrogen) atoms. The molecule has 0 aliphatic carbocycles. The van der Waals surface area contributed by atoms with E-state index >= 15 is 0 Å². The van der Waals surface area contributed by atoms with Crippen LogP contribution in [0.4, 0.5) is 8.78 Å². The van der Waals surface area contributed by atoms with Gasteiger partial charge < -0.3 is 20.1 Å². The number of hydrogen-bond donors (Lipinski definition) is 2. The summed E-state index contributed by atoms with van der Waals surface area (Å²) in [4.78, 5) is 6.49. The minimum Gasteiger partial charge on any atom is -0.493 e. The maximum atomic E-state index is 12.5. The summed E-state index contributed by atoms with van der Waals surface area (Å²) in [5.41, 5.74) is 1.02. The van der Waals surface area contributed by atoms with E-state index in [-0.39, 0.29) is 36.6 Å². The second-order valence-corrected chi connectivity index (χ2v) is 6.72. The van der Waals surface area contributed by atoms with Crippen molar-refractivity contribution in [1.29, 1.82) is 0 Å². The Kier molecular flexibility index (Phi) is 12.2. The highest BCUT2D eigenvalue weighted by molar-refractivity contribution is 14.0. The van der Waals surface area contributed by atoms with Gasteiger partial charge in [0.2, 0.25) is 0 Å². The molecule has 2 rings (SSSR count). The van der Waals surface area contributed by atoms with Crippen LogP contribution in [-0.4, -0.2) is 63.2 Å². The van der Waals surface area contributed by atoms with Gasteiger partial charge in [0.25, 0.3) is 6.43 Å². The first kappa shape index (κ1) is 25.7. The molecule has 0 bridgehead atoms. The van der Waals surface area contributed by atoms with Crippen LogP contribution in [0.15, 0.2) is 23.2 Å². The summed E-state index contributed by atoms with van der Waals surface area (Å²) in [5.74, 6) is 2.15. The average molecular weight is 526 g/mol. The van der Waals surface area contributed by atoms with Crippen LogP contribution in [0, 0.1) is 0 Å². The molecule has 9 heteroatoms. The van der Waals surface area contributed by atoms with Gasteiger partial charge in [-0.1, -0.05) is 6.07 Å². The predicted octanol–water partition coefficient (Wildman–Crippen LogP) is 3.50. The van der Waals surface area contributed by atoms with Crippen LogP contribution in [-0.2, 0) is 6.54 Å². The van der Waals surface area contributed by atoms with E-state index in [4.69, 9.17) is 9.47 Å². The molecule has 1 aromatic carbocycles. The van der Waals surface area contributed by atoms with Gasteiger partial charge in [-0.15, -0.1) is 24.0 Å². The number of methoxy groups -OCH3 is 1. The Morgan fingerprint density at radius 1 is 1.24 bits per heavy atom. The molecule has 2 N–H and O–H groups in total. The number of likely N-dealkylation sites (tertiary alicyclic amines) is 1. The van der Waals surface area contributed by atoms with E-state index in [0.717, 1.165) is 30.9 Å². The van der Waals surface area contributed by atoms with Crippen molar-refractivity contribution in [2.75, 3.05) is 39.9 Å². The normalized spacial score (nSPS) is 15.7. The van der Waals surface area contributed by atoms with Crippen molar-refractivity contribution in [3.63, 3.8) is 0 Å². The van der Waals surface area contributed by atoms with E-state index in [1.54, 1.807) is 7.11 Å². The van der Waals surface area contributed by atoms with Crippen molar-refractivity contribution >= 4 is 29.9 Å². The molecule has 0 aromatic heterocycles. The Morgan fingerprint density at radius 3 is 2.55 bits per heavy atom. The number of ether oxygens (including phenoxy) is 2. The highest BCUT2D eigenvalue weighted by Gasteiger charge is 2.21. The molecule has 0 atom stereocenters. The van der Waals surface area contributed by atoms with Gasteiger partial charge in [-0.25, -0.2) is 13.8 Å². The lowest BCUT2D eigenvalue weighted by molar-refractivity contribution is 0.0744. The van der Waals surface area contributed by atoms with E-state index in [2.05, 4.69) is 15.6 Å². The molecule has 1 saturated heterocycles. The molecule has 1 fully saturated rings. The summed E-state index contributed by atoms with van der Waals surface area (Å²) in [6, 6.07) is 6.03. The number of hydrogen-bond acceptors (Lipinski definition) is 4. The molecular formula is C20H33F2IN4O2. The van der Waals surface area contributed by atoms with Crippen LogP contribution in [0.1, 0.15) is 32.3 Å². The first-order valence-electron chi connectivity index (χ1n) is 9.90. The van der Waals surface area contributed by atoms with Crippen LogP contribution >= 0.6 is 24.0 Å². The minimum absolute atomic E-state index is 0. The molecule has 1 aliphatic heterocycles. The number of rotatable bonds is 9. The third-order valence-corrected chi connectivity index (χ3v) is 4.62. The molecule has 0 unspecified atom stereocenters. The molecule has 1 aromatic rings. The Morgan fingerprint density at radius 2 is 1.97 bits per heavy atom. The van der Waals surface area contributed by atoms with Gasteiger partial charge in [0.1, 0.15) is 0 Å². The van der Waals surface area contributed by atoms with Crippen LogP contribution in [0.2, 0.25) is 0 Å². The lowest BCUT2D eigenvalue weighted by Crippen LogP contribution is -2.49. The van der Waals surface area contributed by atoms with E-state index in [0.29, 0.717) is 37.7 Å². The van der Waals surface area contributed by atoms with Gasteiger partial charge in [-0.05, 0) is 44.4 Å². The molecule has 1 aliphatic rings. The zero-order chi connectivity index (χ0) is 20.4. The van der Waals surface area contributed by atoms with E-state index in [9.17, 15) is 8.78 Å². The molecule has 0 amide bonds. The zero-order valence-electron chi connectivity index (χ0n) is 17.4. The monoisotopic (exact) mass is 526 g/mol. The van der Waals surface area contributed by atoms with Gasteiger partial charge in [0.05, 0.1) is 26.8 Å². The van der Waals surface area contributed by atoms with Crippen molar-refractivity contribution in [2.45, 2.75) is 45.7 Å². The Labute approximate surface area is 189 Å². The molecular weight excluding hydrogens is 493 g/mol. The first-order chi connectivity index (χ1) is 13.5. The van der Waals surface area contributed by atoms with Gasteiger partial charge >= 0.3 is 0 Å². The summed E-state index contributed by atoms with van der Waals surface area (Å²) in [5, 5.41) is 6.69. The number of piperidine rings is 1. The van der Waals surface area contributed by atoms with Gasteiger partial charge in [0, 0.05) is 25.7 Å². The molecule has 6 nitrogen and oxygen atoms in total. The summed E-state index contributed by atoms with van der Waals surface area (Å²) in [6.45, 7) is 6.99. The number of aliphatic imine (C=N–C) groups is 1. The molecule has 0 radical (unpaired) electrons. The third-order valence-electron chi connectivity index (χ3n) is 4.62. The number of guanidine groups is 1. The SMILES string of the molecule is CCNC(=NCc1ccc(OC)c(OCC)c1)NC1CCN(CC(F)F)CC1.I. The van der Waals surface area contributed by atoms with Crippen molar-refractivity contribution < 1.29 is 18.3 Å². The number of halogens is 3. The highest BCUT2D eigenvalue weighted by Crippen LogP contribution is 2.28. The number of nitrogens with zero attached hydrogens (tertiary/aromatic N) is 2. The van der Waals surface area contributed by atoms with Crippen LogP contribution in [0.3, 0.4) is 0 Å². The number of nitrogens with one attached hydrogen (secondary N) is 2. The van der Waals surface area contributed by atoms with Crippen LogP contribution in [0.25, 0.3) is 0 Å². The molecule has 0 saturated carbocycles. The molecule has 1 heterocycles. The maximum Gasteiger partial charge on any atom is 0.251 e.